The highest BCUT2D eigenvalue weighted by Crippen LogP contribution is 2.38. The molecule has 0 amide bonds. The van der Waals surface area contributed by atoms with Gasteiger partial charge in [0.15, 0.2) is 5.79 Å². The van der Waals surface area contributed by atoms with Gasteiger partial charge in [0.05, 0.1) is 18.2 Å². The lowest BCUT2D eigenvalue weighted by molar-refractivity contribution is -0.165. The van der Waals surface area contributed by atoms with Crippen molar-refractivity contribution < 1.29 is 14.6 Å². The van der Waals surface area contributed by atoms with E-state index in [1.54, 1.807) is 25.1 Å². The average molecular weight is 263 g/mol. The number of hydrogen-bond acceptors (Lipinski definition) is 3. The van der Waals surface area contributed by atoms with Crippen LogP contribution in [0.15, 0.2) is 18.2 Å². The van der Waals surface area contributed by atoms with E-state index < -0.39 is 5.79 Å². The fraction of sp³-hybridized carbons (Fsp3) is 0.455. The molecule has 0 radical (unpaired) electrons. The molecule has 1 saturated heterocycles. The van der Waals surface area contributed by atoms with Gasteiger partial charge in [0.1, 0.15) is 6.10 Å². The molecule has 1 aliphatic rings. The highest BCUT2D eigenvalue weighted by Gasteiger charge is 2.39. The van der Waals surface area contributed by atoms with Crippen LogP contribution in [0.1, 0.15) is 12.5 Å². The highest BCUT2D eigenvalue weighted by molar-refractivity contribution is 6.35. The number of halogens is 2. The van der Waals surface area contributed by atoms with E-state index in [9.17, 15) is 0 Å². The van der Waals surface area contributed by atoms with Crippen molar-refractivity contribution >= 4 is 23.2 Å². The predicted molar refractivity (Wildman–Crippen MR) is 61.7 cm³/mol. The SMILES string of the molecule is CC1(c2ccc(Cl)cc2Cl)OCC(CO)O1. The van der Waals surface area contributed by atoms with Gasteiger partial charge in [-0.25, -0.2) is 0 Å². The number of ether oxygens (including phenoxy) is 2. The Balaban J connectivity index is 2.30. The molecule has 0 spiro atoms. The molecule has 1 N–H and O–H groups in total. The van der Waals surface area contributed by atoms with Crippen molar-refractivity contribution in [1.82, 2.24) is 0 Å². The van der Waals surface area contributed by atoms with E-state index in [0.29, 0.717) is 16.7 Å². The molecule has 3 nitrogen and oxygen atoms in total. The number of hydrogen-bond donors (Lipinski definition) is 1. The lowest BCUT2D eigenvalue weighted by Gasteiger charge is -2.24. The Morgan fingerprint density at radius 1 is 1.50 bits per heavy atom. The summed E-state index contributed by atoms with van der Waals surface area (Å²) in [5.74, 6) is -0.908. The fourth-order valence-corrected chi connectivity index (χ4v) is 2.31. The normalized spacial score (nSPS) is 29.6. The summed E-state index contributed by atoms with van der Waals surface area (Å²) in [6.07, 6.45) is -0.309. The van der Waals surface area contributed by atoms with Crippen LogP contribution in [-0.2, 0) is 15.3 Å². The van der Waals surface area contributed by atoms with E-state index in [0.717, 1.165) is 5.56 Å². The van der Waals surface area contributed by atoms with E-state index in [-0.39, 0.29) is 12.7 Å². The first kappa shape index (κ1) is 12.1. The third-order valence-corrected chi connectivity index (χ3v) is 3.11. The van der Waals surface area contributed by atoms with Crippen molar-refractivity contribution in [3.63, 3.8) is 0 Å². The Labute approximate surface area is 104 Å². The molecule has 1 aliphatic heterocycles. The Morgan fingerprint density at radius 2 is 2.25 bits per heavy atom. The fourth-order valence-electron chi connectivity index (χ4n) is 1.73. The number of aliphatic hydroxyl groups is 1. The third-order valence-electron chi connectivity index (χ3n) is 2.56. The number of rotatable bonds is 2. The van der Waals surface area contributed by atoms with Gasteiger partial charge in [-0.3, -0.25) is 0 Å². The van der Waals surface area contributed by atoms with Crippen LogP contribution in [0.2, 0.25) is 10.0 Å². The van der Waals surface area contributed by atoms with Crippen molar-refractivity contribution in [3.05, 3.63) is 33.8 Å². The second-order valence-corrected chi connectivity index (χ2v) is 4.65. The van der Waals surface area contributed by atoms with Gasteiger partial charge < -0.3 is 14.6 Å². The van der Waals surface area contributed by atoms with E-state index in [2.05, 4.69) is 0 Å². The highest BCUT2D eigenvalue weighted by atomic mass is 35.5. The molecule has 0 saturated carbocycles. The summed E-state index contributed by atoms with van der Waals surface area (Å²) in [5.41, 5.74) is 0.717. The van der Waals surface area contributed by atoms with Crippen molar-refractivity contribution in [2.24, 2.45) is 0 Å². The second-order valence-electron chi connectivity index (χ2n) is 3.80. The van der Waals surface area contributed by atoms with E-state index >= 15 is 0 Å². The molecular formula is C11H12Cl2O3. The summed E-state index contributed by atoms with van der Waals surface area (Å²) in [6, 6.07) is 5.14. The van der Waals surface area contributed by atoms with Gasteiger partial charge in [-0.1, -0.05) is 29.3 Å². The molecule has 0 aromatic heterocycles. The lowest BCUT2D eigenvalue weighted by atomic mass is 10.1. The Hall–Kier alpha value is -0.320. The van der Waals surface area contributed by atoms with E-state index in [1.807, 2.05) is 0 Å². The maximum Gasteiger partial charge on any atom is 0.194 e. The van der Waals surface area contributed by atoms with E-state index in [1.165, 1.54) is 0 Å². The quantitative estimate of drug-likeness (QED) is 0.891. The summed E-state index contributed by atoms with van der Waals surface area (Å²) >= 11 is 11.9. The predicted octanol–water partition coefficient (Wildman–Crippen LogP) is 2.57. The minimum atomic E-state index is -0.908. The van der Waals surface area contributed by atoms with Crippen molar-refractivity contribution in [3.8, 4) is 0 Å². The Bertz CT molecular complexity index is 397. The molecule has 1 aromatic rings. The number of benzene rings is 1. The van der Waals surface area contributed by atoms with Crippen LogP contribution in [0.25, 0.3) is 0 Å². The minimum absolute atomic E-state index is 0.0687. The standard InChI is InChI=1S/C11H12Cl2O3/c1-11(15-6-8(5-14)16-11)9-3-2-7(12)4-10(9)13/h2-4,8,14H,5-6H2,1H3. The van der Waals surface area contributed by atoms with Crippen LogP contribution in [0.3, 0.4) is 0 Å². The molecule has 1 aromatic carbocycles. The van der Waals surface area contributed by atoms with Gasteiger partial charge in [0, 0.05) is 10.6 Å². The van der Waals surface area contributed by atoms with Crippen LogP contribution in [0.5, 0.6) is 0 Å². The summed E-state index contributed by atoms with van der Waals surface area (Å²) in [4.78, 5) is 0. The molecule has 5 heteroatoms. The van der Waals surface area contributed by atoms with Gasteiger partial charge in [-0.15, -0.1) is 0 Å². The third kappa shape index (κ3) is 2.19. The van der Waals surface area contributed by atoms with Gasteiger partial charge in [0.25, 0.3) is 0 Å². The molecule has 1 fully saturated rings. The summed E-state index contributed by atoms with van der Waals surface area (Å²) in [5, 5.41) is 10.1. The Morgan fingerprint density at radius 3 is 2.81 bits per heavy atom. The van der Waals surface area contributed by atoms with Gasteiger partial charge >= 0.3 is 0 Å². The molecule has 0 bridgehead atoms. The zero-order valence-corrected chi connectivity index (χ0v) is 10.3. The first-order valence-electron chi connectivity index (χ1n) is 4.93. The topological polar surface area (TPSA) is 38.7 Å². The molecule has 1 heterocycles. The summed E-state index contributed by atoms with van der Waals surface area (Å²) in [6.45, 7) is 2.06. The second kappa shape index (κ2) is 4.51. The first-order valence-corrected chi connectivity index (χ1v) is 5.69. The molecular weight excluding hydrogens is 251 g/mol. The molecule has 16 heavy (non-hydrogen) atoms. The zero-order valence-electron chi connectivity index (χ0n) is 8.74. The smallest absolute Gasteiger partial charge is 0.194 e. The van der Waals surface area contributed by atoms with Crippen LogP contribution in [0.4, 0.5) is 0 Å². The monoisotopic (exact) mass is 262 g/mol. The average Bonchev–Trinajstić information content (AvgIpc) is 2.61. The van der Waals surface area contributed by atoms with Crippen molar-refractivity contribution in [2.45, 2.75) is 18.8 Å². The van der Waals surface area contributed by atoms with Crippen LogP contribution < -0.4 is 0 Å². The maximum atomic E-state index is 9.00. The van der Waals surface area contributed by atoms with Gasteiger partial charge in [-0.2, -0.15) is 0 Å². The van der Waals surface area contributed by atoms with Gasteiger partial charge in [-0.05, 0) is 19.1 Å². The molecule has 2 atom stereocenters. The zero-order chi connectivity index (χ0) is 11.8. The number of aliphatic hydroxyl groups excluding tert-OH is 1. The summed E-state index contributed by atoms with van der Waals surface area (Å²) in [7, 11) is 0. The lowest BCUT2D eigenvalue weighted by Crippen LogP contribution is -2.25. The largest absolute Gasteiger partial charge is 0.394 e. The summed E-state index contributed by atoms with van der Waals surface area (Å²) < 4.78 is 11.1. The van der Waals surface area contributed by atoms with Crippen LogP contribution in [0, 0.1) is 0 Å². The van der Waals surface area contributed by atoms with Crippen molar-refractivity contribution in [1.29, 1.82) is 0 Å². The molecule has 2 unspecified atom stereocenters. The molecule has 0 aliphatic carbocycles. The Kier molecular flexibility index (Phi) is 3.42. The molecule has 88 valence electrons. The first-order chi connectivity index (χ1) is 7.55. The van der Waals surface area contributed by atoms with Gasteiger partial charge in [0.2, 0.25) is 0 Å². The minimum Gasteiger partial charge on any atom is -0.394 e. The van der Waals surface area contributed by atoms with Crippen molar-refractivity contribution in [2.75, 3.05) is 13.2 Å². The van der Waals surface area contributed by atoms with Crippen LogP contribution in [-0.4, -0.2) is 24.4 Å². The molecule has 2 rings (SSSR count). The van der Waals surface area contributed by atoms with Crippen LogP contribution >= 0.6 is 23.2 Å². The maximum absolute atomic E-state index is 9.00. The van der Waals surface area contributed by atoms with E-state index in [4.69, 9.17) is 37.8 Å².